The molecule has 0 saturated heterocycles. The number of aliphatic hydroxyl groups is 1. The van der Waals surface area contributed by atoms with Crippen LogP contribution in [0.25, 0.3) is 0 Å². The summed E-state index contributed by atoms with van der Waals surface area (Å²) in [5.41, 5.74) is 1.43. The molecule has 27 heavy (non-hydrogen) atoms. The van der Waals surface area contributed by atoms with E-state index in [-0.39, 0.29) is 6.61 Å². The van der Waals surface area contributed by atoms with Crippen molar-refractivity contribution in [3.63, 3.8) is 0 Å². The highest BCUT2D eigenvalue weighted by Gasteiger charge is 2.14. The van der Waals surface area contributed by atoms with Crippen molar-refractivity contribution in [2.75, 3.05) is 25.1 Å². The van der Waals surface area contributed by atoms with Gasteiger partial charge >= 0.3 is 6.03 Å². The lowest BCUT2D eigenvalue weighted by atomic mass is 10.1. The number of benzene rings is 2. The normalized spacial score (nSPS) is 11.5. The molecule has 0 spiro atoms. The lowest BCUT2D eigenvalue weighted by Crippen LogP contribution is -2.34. The first-order chi connectivity index (χ1) is 13.2. The van der Waals surface area contributed by atoms with E-state index < -0.39 is 12.1 Å². The Kier molecular flexibility index (Phi) is 8.45. The van der Waals surface area contributed by atoms with E-state index in [1.165, 1.54) is 0 Å². The van der Waals surface area contributed by atoms with Crippen LogP contribution in [0.2, 0.25) is 0 Å². The average Bonchev–Trinajstić information content (AvgIpc) is 2.70. The van der Waals surface area contributed by atoms with Crippen LogP contribution in [-0.2, 0) is 0 Å². The van der Waals surface area contributed by atoms with E-state index in [1.807, 2.05) is 44.2 Å². The second kappa shape index (κ2) is 11.1. The number of carbonyl (C=O) groups excluding carboxylic acids is 1. The van der Waals surface area contributed by atoms with Gasteiger partial charge in [0.15, 0.2) is 11.5 Å². The molecule has 0 heterocycles. The van der Waals surface area contributed by atoms with Crippen molar-refractivity contribution in [3.05, 3.63) is 54.1 Å². The predicted octanol–water partition coefficient (Wildman–Crippen LogP) is 4.12. The Bertz CT molecular complexity index is 707. The summed E-state index contributed by atoms with van der Waals surface area (Å²) in [4.78, 5) is 12.3. The lowest BCUT2D eigenvalue weighted by Gasteiger charge is -2.18. The fraction of sp³-hybridized carbons (Fsp3) is 0.381. The molecule has 0 aromatic heterocycles. The third kappa shape index (κ3) is 6.49. The summed E-state index contributed by atoms with van der Waals surface area (Å²) in [5.74, 6) is 1.26. The predicted molar refractivity (Wildman–Crippen MR) is 106 cm³/mol. The molecule has 0 unspecified atom stereocenters. The maximum Gasteiger partial charge on any atom is 0.319 e. The minimum atomic E-state index is -0.478. The topological polar surface area (TPSA) is 79.8 Å². The molecular formula is C21H28N2O4. The van der Waals surface area contributed by atoms with Crippen LogP contribution in [0.4, 0.5) is 10.5 Å². The van der Waals surface area contributed by atoms with Crippen LogP contribution in [0.1, 0.15) is 38.3 Å². The molecule has 2 rings (SSSR count). The number of hydrogen-bond donors (Lipinski definition) is 3. The smallest absolute Gasteiger partial charge is 0.319 e. The van der Waals surface area contributed by atoms with E-state index in [9.17, 15) is 9.90 Å². The molecule has 0 aliphatic rings. The third-order valence-corrected chi connectivity index (χ3v) is 3.81. The number of urea groups is 1. The number of nitrogens with one attached hydrogen (secondary N) is 2. The molecule has 0 fully saturated rings. The minimum absolute atomic E-state index is 0.188. The van der Waals surface area contributed by atoms with Crippen molar-refractivity contribution in [1.29, 1.82) is 0 Å². The third-order valence-electron chi connectivity index (χ3n) is 3.81. The van der Waals surface area contributed by atoms with Crippen molar-refractivity contribution in [3.8, 4) is 11.5 Å². The summed E-state index contributed by atoms with van der Waals surface area (Å²) < 4.78 is 11.4. The summed E-state index contributed by atoms with van der Waals surface area (Å²) in [6.07, 6.45) is 1.78. The molecule has 0 bridgehead atoms. The van der Waals surface area contributed by atoms with Crippen LogP contribution in [0.15, 0.2) is 48.5 Å². The standard InChI is InChI=1S/C21H28N2O4/c1-3-12-26-19-11-10-17(14-20(19)27-13-4-2)22-21(25)23-18(15-24)16-8-6-5-7-9-16/h5-11,14,18,24H,3-4,12-13,15H2,1-2H3,(H2,22,23,25)/t18-/m1/s1. The summed E-state index contributed by atoms with van der Waals surface area (Å²) in [6.45, 7) is 5.05. The number of rotatable bonds is 10. The largest absolute Gasteiger partial charge is 0.490 e. The van der Waals surface area contributed by atoms with Crippen LogP contribution in [0.5, 0.6) is 11.5 Å². The van der Waals surface area contributed by atoms with Crippen molar-refractivity contribution in [2.24, 2.45) is 0 Å². The summed E-state index contributed by atoms with van der Waals surface area (Å²) >= 11 is 0. The van der Waals surface area contributed by atoms with Gasteiger partial charge in [0.1, 0.15) is 0 Å². The summed E-state index contributed by atoms with van der Waals surface area (Å²) in [7, 11) is 0. The van der Waals surface area contributed by atoms with Gasteiger partial charge in [0, 0.05) is 11.8 Å². The number of aliphatic hydroxyl groups excluding tert-OH is 1. The van der Waals surface area contributed by atoms with Crippen LogP contribution < -0.4 is 20.1 Å². The van der Waals surface area contributed by atoms with E-state index in [0.29, 0.717) is 30.4 Å². The SMILES string of the molecule is CCCOc1ccc(NC(=O)N[C@H](CO)c2ccccc2)cc1OCCC. The van der Waals surface area contributed by atoms with Gasteiger partial charge in [-0.05, 0) is 30.5 Å². The molecule has 3 N–H and O–H groups in total. The first kappa shape index (κ1) is 20.6. The van der Waals surface area contributed by atoms with Gasteiger partial charge in [-0.2, -0.15) is 0 Å². The first-order valence-electron chi connectivity index (χ1n) is 9.30. The van der Waals surface area contributed by atoms with Gasteiger partial charge < -0.3 is 25.2 Å². The highest BCUT2D eigenvalue weighted by Crippen LogP contribution is 2.31. The number of ether oxygens (including phenoxy) is 2. The Hall–Kier alpha value is -2.73. The Labute approximate surface area is 160 Å². The monoisotopic (exact) mass is 372 g/mol. The zero-order valence-corrected chi connectivity index (χ0v) is 15.9. The van der Waals surface area contributed by atoms with E-state index in [2.05, 4.69) is 10.6 Å². The van der Waals surface area contributed by atoms with E-state index in [4.69, 9.17) is 9.47 Å². The van der Waals surface area contributed by atoms with Crippen molar-refractivity contribution in [1.82, 2.24) is 5.32 Å². The zero-order valence-electron chi connectivity index (χ0n) is 15.9. The molecular weight excluding hydrogens is 344 g/mol. The molecule has 2 aromatic rings. The number of hydrogen-bond acceptors (Lipinski definition) is 4. The van der Waals surface area contributed by atoms with Gasteiger partial charge in [-0.1, -0.05) is 44.2 Å². The van der Waals surface area contributed by atoms with E-state index >= 15 is 0 Å². The summed E-state index contributed by atoms with van der Waals surface area (Å²) in [5, 5.41) is 15.1. The van der Waals surface area contributed by atoms with Crippen LogP contribution in [-0.4, -0.2) is 31.0 Å². The fourth-order valence-electron chi connectivity index (χ4n) is 2.49. The van der Waals surface area contributed by atoms with Crippen molar-refractivity contribution >= 4 is 11.7 Å². The van der Waals surface area contributed by atoms with Crippen LogP contribution in [0, 0.1) is 0 Å². The number of carbonyl (C=O) groups is 1. The molecule has 0 radical (unpaired) electrons. The van der Waals surface area contributed by atoms with Gasteiger partial charge in [-0.3, -0.25) is 0 Å². The molecule has 1 atom stereocenters. The molecule has 6 heteroatoms. The first-order valence-corrected chi connectivity index (χ1v) is 9.30. The highest BCUT2D eigenvalue weighted by atomic mass is 16.5. The Morgan fingerprint density at radius 2 is 1.67 bits per heavy atom. The molecule has 0 aliphatic heterocycles. The van der Waals surface area contributed by atoms with Crippen LogP contribution >= 0.6 is 0 Å². The van der Waals surface area contributed by atoms with E-state index in [0.717, 1.165) is 18.4 Å². The zero-order chi connectivity index (χ0) is 19.5. The maximum atomic E-state index is 12.3. The second-order valence-electron chi connectivity index (χ2n) is 6.10. The average molecular weight is 372 g/mol. The number of anilines is 1. The lowest BCUT2D eigenvalue weighted by molar-refractivity contribution is 0.225. The quantitative estimate of drug-likeness (QED) is 0.586. The Morgan fingerprint density at radius 1 is 1.00 bits per heavy atom. The molecule has 0 aliphatic carbocycles. The Balaban J connectivity index is 2.05. The molecule has 2 aromatic carbocycles. The van der Waals surface area contributed by atoms with Gasteiger partial charge in [0.2, 0.25) is 0 Å². The molecule has 146 valence electrons. The van der Waals surface area contributed by atoms with Gasteiger partial charge in [0.05, 0.1) is 25.9 Å². The molecule has 0 saturated carbocycles. The van der Waals surface area contributed by atoms with E-state index in [1.54, 1.807) is 18.2 Å². The summed E-state index contributed by atoms with van der Waals surface area (Å²) in [6, 6.07) is 13.8. The fourth-order valence-corrected chi connectivity index (χ4v) is 2.49. The van der Waals surface area contributed by atoms with Gasteiger partial charge in [-0.15, -0.1) is 0 Å². The van der Waals surface area contributed by atoms with Crippen molar-refractivity contribution < 1.29 is 19.4 Å². The molecule has 2 amide bonds. The van der Waals surface area contributed by atoms with Crippen LogP contribution in [0.3, 0.4) is 0 Å². The van der Waals surface area contributed by atoms with Crippen molar-refractivity contribution in [2.45, 2.75) is 32.7 Å². The minimum Gasteiger partial charge on any atom is -0.490 e. The highest BCUT2D eigenvalue weighted by molar-refractivity contribution is 5.90. The molecule has 6 nitrogen and oxygen atoms in total. The van der Waals surface area contributed by atoms with Gasteiger partial charge in [0.25, 0.3) is 0 Å². The second-order valence-corrected chi connectivity index (χ2v) is 6.10. The Morgan fingerprint density at radius 3 is 2.30 bits per heavy atom. The number of amides is 2. The van der Waals surface area contributed by atoms with Gasteiger partial charge in [-0.25, -0.2) is 4.79 Å². The maximum absolute atomic E-state index is 12.3.